The Hall–Kier alpha value is -2.17. The number of aromatic nitrogens is 1. The number of carbonyl (C=O) groups is 1. The van der Waals surface area contributed by atoms with Crippen molar-refractivity contribution in [3.05, 3.63) is 34.3 Å². The first kappa shape index (κ1) is 21.5. The monoisotopic (exact) mass is 439 g/mol. The number of fused-ring (bicyclic) bond motifs is 1. The number of thiazole rings is 1. The minimum atomic E-state index is -3.24. The summed E-state index contributed by atoms with van der Waals surface area (Å²) < 4.78 is 36.8. The first-order valence-electron chi connectivity index (χ1n) is 9.55. The number of rotatable bonds is 8. The molecular weight excluding hydrogens is 414 g/mol. The van der Waals surface area contributed by atoms with Crippen molar-refractivity contribution >= 4 is 32.4 Å². The molecule has 8 nitrogen and oxygen atoms in total. The molecule has 1 amide bonds. The van der Waals surface area contributed by atoms with Crippen LogP contribution < -0.4 is 14.8 Å². The summed E-state index contributed by atoms with van der Waals surface area (Å²) in [6, 6.07) is 5.03. The van der Waals surface area contributed by atoms with Crippen molar-refractivity contribution in [1.29, 1.82) is 0 Å². The number of sulfonamides is 1. The molecule has 0 atom stereocenters. The van der Waals surface area contributed by atoms with Crippen LogP contribution in [0.15, 0.2) is 18.2 Å². The minimum Gasteiger partial charge on any atom is -0.490 e. The molecule has 29 heavy (non-hydrogen) atoms. The van der Waals surface area contributed by atoms with Gasteiger partial charge in [-0.1, -0.05) is 0 Å². The van der Waals surface area contributed by atoms with Crippen molar-refractivity contribution in [3.63, 3.8) is 0 Å². The Kier molecular flexibility index (Phi) is 6.76. The van der Waals surface area contributed by atoms with E-state index in [4.69, 9.17) is 9.47 Å². The van der Waals surface area contributed by atoms with Crippen molar-refractivity contribution < 1.29 is 22.7 Å². The van der Waals surface area contributed by atoms with E-state index >= 15 is 0 Å². The van der Waals surface area contributed by atoms with Crippen LogP contribution in [0.5, 0.6) is 11.5 Å². The molecule has 0 aliphatic carbocycles. The third-order valence-electron chi connectivity index (χ3n) is 4.48. The molecule has 0 spiro atoms. The topological polar surface area (TPSA) is 97.8 Å². The molecule has 1 aromatic heterocycles. The highest BCUT2D eigenvalue weighted by Gasteiger charge is 2.28. The molecule has 0 bridgehead atoms. The molecule has 1 N–H and O–H groups in total. The first-order chi connectivity index (χ1) is 13.9. The molecule has 3 rings (SSSR count). The van der Waals surface area contributed by atoms with Crippen LogP contribution in [0, 0.1) is 0 Å². The summed E-state index contributed by atoms with van der Waals surface area (Å²) in [5, 5.41) is 3.27. The Labute approximate surface area is 174 Å². The summed E-state index contributed by atoms with van der Waals surface area (Å²) in [6.45, 7) is 7.06. The number of nitrogens with one attached hydrogen (secondary N) is 1. The van der Waals surface area contributed by atoms with Gasteiger partial charge < -0.3 is 9.47 Å². The molecule has 158 valence electrons. The number of hydrogen-bond donors (Lipinski definition) is 1. The zero-order valence-electron chi connectivity index (χ0n) is 16.7. The fourth-order valence-electron chi connectivity index (χ4n) is 3.01. The number of hydrogen-bond acceptors (Lipinski definition) is 7. The predicted octanol–water partition coefficient (Wildman–Crippen LogP) is 2.90. The normalized spacial score (nSPS) is 14.3. The van der Waals surface area contributed by atoms with Gasteiger partial charge in [-0.25, -0.2) is 13.4 Å². The largest absolute Gasteiger partial charge is 0.490 e. The van der Waals surface area contributed by atoms with Gasteiger partial charge in [0.1, 0.15) is 0 Å². The standard InChI is InChI=1S/C19H25N3O5S2/c1-4-26-15-8-7-13(11-16(15)27-5-2)18(23)21-19-20-14-9-10-22(12-17(14)28-19)29(24,25)6-3/h7-8,11H,4-6,9-10,12H2,1-3H3,(H,20,21,23). The van der Waals surface area contributed by atoms with Crippen LogP contribution in [0.25, 0.3) is 0 Å². The molecule has 0 saturated heterocycles. The summed E-state index contributed by atoms with van der Waals surface area (Å²) in [5.41, 5.74) is 1.27. The van der Waals surface area contributed by atoms with Crippen LogP contribution in [-0.4, -0.2) is 49.1 Å². The van der Waals surface area contributed by atoms with Gasteiger partial charge in [0, 0.05) is 30.0 Å². The highest BCUT2D eigenvalue weighted by molar-refractivity contribution is 7.89. The molecule has 2 heterocycles. The van der Waals surface area contributed by atoms with E-state index in [1.165, 1.54) is 15.6 Å². The van der Waals surface area contributed by atoms with E-state index in [0.717, 1.165) is 10.6 Å². The van der Waals surface area contributed by atoms with E-state index in [1.807, 2.05) is 13.8 Å². The van der Waals surface area contributed by atoms with Gasteiger partial charge in [-0.05, 0) is 39.0 Å². The van der Waals surface area contributed by atoms with E-state index in [0.29, 0.717) is 54.9 Å². The maximum Gasteiger partial charge on any atom is 0.257 e. The van der Waals surface area contributed by atoms with Gasteiger partial charge in [0.15, 0.2) is 16.6 Å². The quantitative estimate of drug-likeness (QED) is 0.679. The van der Waals surface area contributed by atoms with Crippen LogP contribution in [0.4, 0.5) is 5.13 Å². The third kappa shape index (κ3) is 4.88. The van der Waals surface area contributed by atoms with E-state index in [1.54, 1.807) is 25.1 Å². The van der Waals surface area contributed by atoms with E-state index in [-0.39, 0.29) is 11.7 Å². The lowest BCUT2D eigenvalue weighted by Gasteiger charge is -2.24. The van der Waals surface area contributed by atoms with E-state index < -0.39 is 10.0 Å². The summed E-state index contributed by atoms with van der Waals surface area (Å²) >= 11 is 1.31. The second-order valence-corrected chi connectivity index (χ2v) is 9.70. The minimum absolute atomic E-state index is 0.0740. The summed E-state index contributed by atoms with van der Waals surface area (Å²) in [6.07, 6.45) is 0.540. The van der Waals surface area contributed by atoms with Crippen LogP contribution in [0.1, 0.15) is 41.7 Å². The predicted molar refractivity (Wildman–Crippen MR) is 112 cm³/mol. The fourth-order valence-corrected chi connectivity index (χ4v) is 5.17. The molecular formula is C19H25N3O5S2. The van der Waals surface area contributed by atoms with Gasteiger partial charge in [-0.2, -0.15) is 4.31 Å². The second kappa shape index (κ2) is 9.10. The maximum atomic E-state index is 12.7. The molecule has 10 heteroatoms. The lowest BCUT2D eigenvalue weighted by atomic mass is 10.2. The fraction of sp³-hybridized carbons (Fsp3) is 0.474. The number of ether oxygens (including phenoxy) is 2. The molecule has 0 saturated carbocycles. The zero-order valence-corrected chi connectivity index (χ0v) is 18.4. The molecule has 0 radical (unpaired) electrons. The van der Waals surface area contributed by atoms with E-state index in [9.17, 15) is 13.2 Å². The van der Waals surface area contributed by atoms with Gasteiger partial charge in [-0.15, -0.1) is 11.3 Å². The van der Waals surface area contributed by atoms with E-state index in [2.05, 4.69) is 10.3 Å². The molecule has 0 unspecified atom stereocenters. The Balaban J connectivity index is 1.75. The van der Waals surface area contributed by atoms with Gasteiger partial charge in [0.2, 0.25) is 10.0 Å². The van der Waals surface area contributed by atoms with Crippen molar-refractivity contribution in [1.82, 2.24) is 9.29 Å². The Morgan fingerprint density at radius 3 is 2.62 bits per heavy atom. The SMILES string of the molecule is CCOc1ccc(C(=O)Nc2nc3c(s2)CN(S(=O)(=O)CC)CC3)cc1OCC. The molecule has 1 aliphatic heterocycles. The third-order valence-corrected chi connectivity index (χ3v) is 7.31. The van der Waals surface area contributed by atoms with Gasteiger partial charge in [0.05, 0.1) is 24.7 Å². The van der Waals surface area contributed by atoms with Crippen LogP contribution in [-0.2, 0) is 23.0 Å². The lowest BCUT2D eigenvalue weighted by Crippen LogP contribution is -2.36. The summed E-state index contributed by atoms with van der Waals surface area (Å²) in [5.74, 6) is 0.872. The summed E-state index contributed by atoms with van der Waals surface area (Å²) in [4.78, 5) is 18.0. The highest BCUT2D eigenvalue weighted by atomic mass is 32.2. The molecule has 1 aromatic carbocycles. The van der Waals surface area contributed by atoms with Gasteiger partial charge in [0.25, 0.3) is 5.91 Å². The van der Waals surface area contributed by atoms with Crippen molar-refractivity contribution in [2.24, 2.45) is 0 Å². The Morgan fingerprint density at radius 2 is 1.93 bits per heavy atom. The summed E-state index contributed by atoms with van der Waals surface area (Å²) in [7, 11) is -3.24. The van der Waals surface area contributed by atoms with Gasteiger partial charge >= 0.3 is 0 Å². The highest BCUT2D eigenvalue weighted by Crippen LogP contribution is 2.31. The molecule has 2 aromatic rings. The van der Waals surface area contributed by atoms with Crippen molar-refractivity contribution in [2.75, 3.05) is 30.8 Å². The first-order valence-corrected chi connectivity index (χ1v) is 12.0. The van der Waals surface area contributed by atoms with Crippen LogP contribution in [0.3, 0.4) is 0 Å². The molecule has 1 aliphatic rings. The second-order valence-electron chi connectivity index (χ2n) is 6.35. The van der Waals surface area contributed by atoms with Crippen molar-refractivity contribution in [2.45, 2.75) is 33.7 Å². The number of carbonyl (C=O) groups excluding carboxylic acids is 1. The van der Waals surface area contributed by atoms with Crippen molar-refractivity contribution in [3.8, 4) is 11.5 Å². The number of anilines is 1. The lowest BCUT2D eigenvalue weighted by molar-refractivity contribution is 0.102. The zero-order chi connectivity index (χ0) is 21.0. The van der Waals surface area contributed by atoms with Gasteiger partial charge in [-0.3, -0.25) is 10.1 Å². The number of benzene rings is 1. The Bertz CT molecular complexity index is 988. The maximum absolute atomic E-state index is 12.7. The Morgan fingerprint density at radius 1 is 1.21 bits per heavy atom. The smallest absolute Gasteiger partial charge is 0.257 e. The number of nitrogens with zero attached hydrogens (tertiary/aromatic N) is 2. The van der Waals surface area contributed by atoms with Crippen LogP contribution in [0.2, 0.25) is 0 Å². The number of amides is 1. The van der Waals surface area contributed by atoms with Crippen LogP contribution >= 0.6 is 11.3 Å². The average Bonchev–Trinajstić information content (AvgIpc) is 3.11. The average molecular weight is 440 g/mol. The molecule has 0 fully saturated rings.